The summed E-state index contributed by atoms with van der Waals surface area (Å²) in [5.74, 6) is -1.18. The summed E-state index contributed by atoms with van der Waals surface area (Å²) < 4.78 is 5.27. The van der Waals surface area contributed by atoms with E-state index in [1.54, 1.807) is 13.8 Å². The van der Waals surface area contributed by atoms with Crippen molar-refractivity contribution < 1.29 is 19.4 Å². The minimum atomic E-state index is -0.738. The first-order valence-corrected chi connectivity index (χ1v) is 7.26. The number of carbonyl (C=O) groups is 1. The third-order valence-corrected chi connectivity index (χ3v) is 2.95. The van der Waals surface area contributed by atoms with Crippen LogP contribution in [0.1, 0.15) is 24.2 Å². The Hall–Kier alpha value is -3.83. The second-order valence-electron chi connectivity index (χ2n) is 5.18. The summed E-state index contributed by atoms with van der Waals surface area (Å²) in [7, 11) is 0. The normalized spacial score (nSPS) is 10.3. The van der Waals surface area contributed by atoms with Crippen molar-refractivity contribution in [2.24, 2.45) is 0 Å². The molecule has 136 valence electrons. The summed E-state index contributed by atoms with van der Waals surface area (Å²) in [5.41, 5.74) is 3.97. The molecule has 0 atom stereocenters. The van der Waals surface area contributed by atoms with Gasteiger partial charge in [0.05, 0.1) is 16.0 Å². The molecule has 1 aromatic heterocycles. The fraction of sp³-hybridized carbons (Fsp3) is 0.214. The molecule has 0 fully saturated rings. The predicted molar refractivity (Wildman–Crippen MR) is 88.6 cm³/mol. The Bertz CT molecular complexity index is 838. The number of hydrogen-bond donors (Lipinski definition) is 2. The lowest BCUT2D eigenvalue weighted by Gasteiger charge is -2.11. The molecule has 0 aliphatic carbocycles. The number of aromatic nitrogens is 2. The van der Waals surface area contributed by atoms with Crippen molar-refractivity contribution in [3.05, 3.63) is 56.4 Å². The van der Waals surface area contributed by atoms with Crippen LogP contribution >= 0.6 is 0 Å². The zero-order chi connectivity index (χ0) is 19.3. The van der Waals surface area contributed by atoms with E-state index in [1.807, 2.05) is 0 Å². The summed E-state index contributed by atoms with van der Waals surface area (Å²) in [6, 6.07) is 4.82. The number of benzene rings is 1. The molecule has 2 aromatic rings. The number of ether oxygens (including phenoxy) is 1. The molecule has 2 rings (SSSR count). The van der Waals surface area contributed by atoms with E-state index in [9.17, 15) is 25.0 Å². The molecule has 0 unspecified atom stereocenters. The second kappa shape index (κ2) is 7.83. The Morgan fingerprint density at radius 2 is 1.77 bits per heavy atom. The molecule has 0 saturated carbocycles. The molecule has 26 heavy (non-hydrogen) atoms. The molecule has 0 aliphatic heterocycles. The molecule has 1 amide bonds. The summed E-state index contributed by atoms with van der Waals surface area (Å²) >= 11 is 0. The van der Waals surface area contributed by atoms with Gasteiger partial charge in [-0.1, -0.05) is 0 Å². The van der Waals surface area contributed by atoms with Gasteiger partial charge in [-0.15, -0.1) is 0 Å². The monoisotopic (exact) mass is 362 g/mol. The average Bonchev–Trinajstić information content (AvgIpc) is 2.59. The third kappa shape index (κ3) is 4.37. The van der Waals surface area contributed by atoms with E-state index in [0.29, 0.717) is 0 Å². The lowest BCUT2D eigenvalue weighted by atomic mass is 10.2. The molecule has 0 spiro atoms. The number of hydrazine groups is 1. The van der Waals surface area contributed by atoms with E-state index in [1.165, 1.54) is 12.1 Å². The number of carbonyl (C=O) groups excluding carboxylic acids is 1. The lowest BCUT2D eigenvalue weighted by Crippen LogP contribution is -2.30. The highest BCUT2D eigenvalue weighted by Gasteiger charge is 2.25. The maximum Gasteiger partial charge on any atom is 0.374 e. The Balaban J connectivity index is 2.16. The van der Waals surface area contributed by atoms with E-state index in [2.05, 4.69) is 20.8 Å². The first-order valence-electron chi connectivity index (χ1n) is 7.26. The lowest BCUT2D eigenvalue weighted by molar-refractivity contribution is -0.385. The number of anilines is 1. The smallest absolute Gasteiger partial charge is 0.374 e. The van der Waals surface area contributed by atoms with Crippen molar-refractivity contribution in [2.45, 2.75) is 20.0 Å². The number of nitrogens with zero attached hydrogens (tertiary/aromatic N) is 4. The molecule has 0 radical (unpaired) electrons. The SMILES string of the molecule is CC(C)Oc1ncnc(NNC(=O)c2ccc([N+](=O)[O-])cc2)c1[N+](=O)[O-]. The Labute approximate surface area is 146 Å². The zero-order valence-corrected chi connectivity index (χ0v) is 13.7. The molecule has 12 heteroatoms. The predicted octanol–water partition coefficient (Wildman–Crippen LogP) is 1.84. The van der Waals surface area contributed by atoms with Crippen molar-refractivity contribution in [1.29, 1.82) is 0 Å². The van der Waals surface area contributed by atoms with Gasteiger partial charge >= 0.3 is 5.69 Å². The molecule has 2 N–H and O–H groups in total. The van der Waals surface area contributed by atoms with Crippen molar-refractivity contribution in [3.63, 3.8) is 0 Å². The number of rotatable bonds is 7. The summed E-state index contributed by atoms with van der Waals surface area (Å²) in [5, 5.41) is 21.9. The van der Waals surface area contributed by atoms with E-state index >= 15 is 0 Å². The van der Waals surface area contributed by atoms with E-state index < -0.39 is 21.4 Å². The topological polar surface area (TPSA) is 162 Å². The van der Waals surface area contributed by atoms with Crippen LogP contribution in [0.25, 0.3) is 0 Å². The molecule has 0 bridgehead atoms. The molecule has 1 aromatic carbocycles. The van der Waals surface area contributed by atoms with Crippen LogP contribution in [0.3, 0.4) is 0 Å². The molecular formula is C14H14N6O6. The van der Waals surface area contributed by atoms with E-state index in [4.69, 9.17) is 4.74 Å². The maximum absolute atomic E-state index is 12.1. The van der Waals surface area contributed by atoms with Gasteiger partial charge in [-0.05, 0) is 26.0 Å². The van der Waals surface area contributed by atoms with Crippen molar-refractivity contribution in [3.8, 4) is 5.88 Å². The van der Waals surface area contributed by atoms with E-state index in [-0.39, 0.29) is 29.1 Å². The second-order valence-corrected chi connectivity index (χ2v) is 5.18. The van der Waals surface area contributed by atoms with Crippen LogP contribution in [-0.2, 0) is 0 Å². The molecule has 0 aliphatic rings. The molecule has 12 nitrogen and oxygen atoms in total. The Kier molecular flexibility index (Phi) is 5.57. The molecular weight excluding hydrogens is 348 g/mol. The first-order chi connectivity index (χ1) is 12.3. The number of nitro groups is 2. The fourth-order valence-corrected chi connectivity index (χ4v) is 1.85. The zero-order valence-electron chi connectivity index (χ0n) is 13.7. The fourth-order valence-electron chi connectivity index (χ4n) is 1.85. The van der Waals surface area contributed by atoms with Gasteiger partial charge in [0, 0.05) is 17.7 Å². The van der Waals surface area contributed by atoms with Gasteiger partial charge in [0.15, 0.2) is 0 Å². The van der Waals surface area contributed by atoms with Crippen molar-refractivity contribution in [2.75, 3.05) is 5.43 Å². The third-order valence-electron chi connectivity index (χ3n) is 2.95. The van der Waals surface area contributed by atoms with E-state index in [0.717, 1.165) is 18.5 Å². The Morgan fingerprint density at radius 1 is 1.12 bits per heavy atom. The number of hydrogen-bond acceptors (Lipinski definition) is 9. The highest BCUT2D eigenvalue weighted by molar-refractivity contribution is 5.95. The highest BCUT2D eigenvalue weighted by Crippen LogP contribution is 2.30. The highest BCUT2D eigenvalue weighted by atomic mass is 16.6. The van der Waals surface area contributed by atoms with Crippen LogP contribution in [0, 0.1) is 20.2 Å². The summed E-state index contributed by atoms with van der Waals surface area (Å²) in [6.45, 7) is 3.35. The van der Waals surface area contributed by atoms with Crippen LogP contribution in [0.2, 0.25) is 0 Å². The van der Waals surface area contributed by atoms with Crippen LogP contribution < -0.4 is 15.6 Å². The largest absolute Gasteiger partial charge is 0.470 e. The molecule has 0 saturated heterocycles. The number of nitrogens with one attached hydrogen (secondary N) is 2. The first kappa shape index (κ1) is 18.5. The van der Waals surface area contributed by atoms with Crippen molar-refractivity contribution in [1.82, 2.24) is 15.4 Å². The van der Waals surface area contributed by atoms with Gasteiger partial charge in [-0.3, -0.25) is 35.9 Å². The van der Waals surface area contributed by atoms with Crippen LogP contribution in [0.4, 0.5) is 17.2 Å². The number of nitro benzene ring substituents is 1. The van der Waals surface area contributed by atoms with Gasteiger partial charge in [0.1, 0.15) is 6.33 Å². The summed E-state index contributed by atoms with van der Waals surface area (Å²) in [4.78, 5) is 40.0. The average molecular weight is 362 g/mol. The maximum atomic E-state index is 12.1. The Morgan fingerprint density at radius 3 is 2.31 bits per heavy atom. The quantitative estimate of drug-likeness (QED) is 0.552. The number of amides is 1. The van der Waals surface area contributed by atoms with Crippen molar-refractivity contribution >= 4 is 23.1 Å². The van der Waals surface area contributed by atoms with Gasteiger partial charge in [-0.2, -0.15) is 4.98 Å². The minimum Gasteiger partial charge on any atom is -0.470 e. The van der Waals surface area contributed by atoms with Crippen LogP contribution in [0.15, 0.2) is 30.6 Å². The van der Waals surface area contributed by atoms with Gasteiger partial charge in [-0.25, -0.2) is 4.98 Å². The van der Waals surface area contributed by atoms with Gasteiger partial charge < -0.3 is 4.74 Å². The molecule has 1 heterocycles. The van der Waals surface area contributed by atoms with Crippen LogP contribution in [-0.4, -0.2) is 31.8 Å². The minimum absolute atomic E-state index is 0.110. The summed E-state index contributed by atoms with van der Waals surface area (Å²) in [6.07, 6.45) is 0.691. The van der Waals surface area contributed by atoms with Crippen LogP contribution in [0.5, 0.6) is 5.88 Å². The van der Waals surface area contributed by atoms with Gasteiger partial charge in [0.25, 0.3) is 17.5 Å². The number of non-ortho nitro benzene ring substituents is 1. The van der Waals surface area contributed by atoms with Gasteiger partial charge in [0.2, 0.25) is 5.82 Å². The standard InChI is InChI=1S/C14H14N6O6/c1-8(2)26-14-11(20(24)25)12(15-7-16-14)17-18-13(21)9-3-5-10(6-4-9)19(22)23/h3-8H,1-2H3,(H,18,21)(H,15,16,17).